The van der Waals surface area contributed by atoms with Gasteiger partial charge in [-0.2, -0.15) is 0 Å². The summed E-state index contributed by atoms with van der Waals surface area (Å²) < 4.78 is 13.0. The smallest absolute Gasteiger partial charge is 0.130 e. The van der Waals surface area contributed by atoms with Crippen LogP contribution >= 0.6 is 11.6 Å². The van der Waals surface area contributed by atoms with Gasteiger partial charge in [-0.25, -0.2) is 9.37 Å². The third-order valence-electron chi connectivity index (χ3n) is 4.34. The molecule has 0 N–H and O–H groups in total. The number of aromatic nitrogens is 1. The molecule has 20 heavy (non-hydrogen) atoms. The van der Waals surface area contributed by atoms with Crippen LogP contribution in [-0.2, 0) is 5.41 Å². The normalized spacial score (nSPS) is 17.4. The van der Waals surface area contributed by atoms with Crippen molar-refractivity contribution >= 4 is 11.6 Å². The van der Waals surface area contributed by atoms with Crippen LogP contribution in [0.5, 0.6) is 0 Å². The average Bonchev–Trinajstić information content (AvgIpc) is 2.87. The second kappa shape index (κ2) is 5.17. The summed E-state index contributed by atoms with van der Waals surface area (Å²) in [6, 6.07) is 10.5. The van der Waals surface area contributed by atoms with Crippen molar-refractivity contribution in [1.29, 1.82) is 0 Å². The van der Waals surface area contributed by atoms with Gasteiger partial charge in [0.1, 0.15) is 11.0 Å². The lowest BCUT2D eigenvalue weighted by Crippen LogP contribution is -2.17. The van der Waals surface area contributed by atoms with Crippen molar-refractivity contribution in [2.75, 3.05) is 0 Å². The molecule has 0 unspecified atom stereocenters. The van der Waals surface area contributed by atoms with E-state index in [0.29, 0.717) is 5.15 Å². The Morgan fingerprint density at radius 3 is 2.40 bits per heavy atom. The van der Waals surface area contributed by atoms with Crippen LogP contribution in [-0.4, -0.2) is 4.98 Å². The molecule has 3 rings (SSSR count). The van der Waals surface area contributed by atoms with Gasteiger partial charge in [0.2, 0.25) is 0 Å². The van der Waals surface area contributed by atoms with E-state index in [1.807, 2.05) is 6.07 Å². The van der Waals surface area contributed by atoms with Crippen LogP contribution in [0.2, 0.25) is 5.15 Å². The molecule has 1 aromatic heterocycles. The number of nitrogens with zero attached hydrogens (tertiary/aromatic N) is 1. The zero-order chi connectivity index (χ0) is 14.2. The Hall–Kier alpha value is -1.41. The van der Waals surface area contributed by atoms with Gasteiger partial charge >= 0.3 is 0 Å². The first-order valence-electron chi connectivity index (χ1n) is 7.01. The van der Waals surface area contributed by atoms with Crippen molar-refractivity contribution in [3.63, 3.8) is 0 Å². The van der Waals surface area contributed by atoms with Gasteiger partial charge in [0, 0.05) is 5.56 Å². The van der Waals surface area contributed by atoms with Crippen molar-refractivity contribution in [2.24, 2.45) is 0 Å². The maximum atomic E-state index is 13.0. The Kier molecular flexibility index (Phi) is 3.51. The highest BCUT2D eigenvalue weighted by Crippen LogP contribution is 2.42. The van der Waals surface area contributed by atoms with Crippen molar-refractivity contribution in [1.82, 2.24) is 4.98 Å². The Labute approximate surface area is 123 Å². The second-order valence-corrected chi connectivity index (χ2v) is 6.23. The largest absolute Gasteiger partial charge is 0.236 e. The van der Waals surface area contributed by atoms with Crippen LogP contribution in [0.15, 0.2) is 36.4 Å². The third-order valence-corrected chi connectivity index (χ3v) is 4.53. The summed E-state index contributed by atoms with van der Waals surface area (Å²) in [6.07, 6.45) is 4.91. The summed E-state index contributed by atoms with van der Waals surface area (Å²) in [6.45, 7) is 2.29. The van der Waals surface area contributed by atoms with Gasteiger partial charge in [-0.15, -0.1) is 0 Å². The monoisotopic (exact) mass is 289 g/mol. The minimum Gasteiger partial charge on any atom is -0.236 e. The van der Waals surface area contributed by atoms with E-state index < -0.39 is 0 Å². The summed E-state index contributed by atoms with van der Waals surface area (Å²) in [5.41, 5.74) is 3.16. The molecule has 1 heterocycles. The molecule has 1 fully saturated rings. The molecule has 1 aliphatic carbocycles. The summed E-state index contributed by atoms with van der Waals surface area (Å²) >= 11 is 6.19. The molecule has 0 amide bonds. The first-order chi connectivity index (χ1) is 9.57. The molecular weight excluding hydrogens is 273 g/mol. The number of rotatable bonds is 2. The van der Waals surface area contributed by atoms with E-state index in [2.05, 4.69) is 18.0 Å². The summed E-state index contributed by atoms with van der Waals surface area (Å²) in [4.78, 5) is 4.38. The summed E-state index contributed by atoms with van der Waals surface area (Å²) in [5, 5.41) is 0.509. The molecule has 0 saturated heterocycles. The number of hydrogen-bond acceptors (Lipinski definition) is 1. The molecule has 1 aromatic carbocycles. The molecule has 0 aliphatic heterocycles. The van der Waals surface area contributed by atoms with Gasteiger partial charge in [0.15, 0.2) is 0 Å². The fourth-order valence-electron chi connectivity index (χ4n) is 3.06. The van der Waals surface area contributed by atoms with Crippen LogP contribution < -0.4 is 0 Å². The lowest BCUT2D eigenvalue weighted by molar-refractivity contribution is 0.491. The highest BCUT2D eigenvalue weighted by atomic mass is 35.5. The van der Waals surface area contributed by atoms with E-state index in [4.69, 9.17) is 11.6 Å². The molecule has 104 valence electrons. The minimum atomic E-state index is -0.237. The molecule has 0 radical (unpaired) electrons. The molecule has 1 saturated carbocycles. The Bertz CT molecular complexity index is 615. The number of halogens is 2. The standard InChI is InChI=1S/C17H17ClFN/c1-17(8-2-3-9-17)13-10-15(20-16(18)11-13)12-4-6-14(19)7-5-12/h4-7,10-11H,2-3,8-9H2,1H3. The average molecular weight is 290 g/mol. The van der Waals surface area contributed by atoms with Crippen LogP contribution in [0.3, 0.4) is 0 Å². The number of hydrogen-bond donors (Lipinski definition) is 0. The lowest BCUT2D eigenvalue weighted by Gasteiger charge is -2.24. The maximum absolute atomic E-state index is 13.0. The summed E-state index contributed by atoms with van der Waals surface area (Å²) in [7, 11) is 0. The molecule has 0 bridgehead atoms. The molecule has 2 aromatic rings. The molecule has 1 aliphatic rings. The van der Waals surface area contributed by atoms with Crippen molar-refractivity contribution in [2.45, 2.75) is 38.0 Å². The highest BCUT2D eigenvalue weighted by Gasteiger charge is 2.31. The Morgan fingerprint density at radius 2 is 1.75 bits per heavy atom. The van der Waals surface area contributed by atoms with Gasteiger partial charge in [-0.3, -0.25) is 0 Å². The van der Waals surface area contributed by atoms with E-state index in [-0.39, 0.29) is 11.2 Å². The van der Waals surface area contributed by atoms with Gasteiger partial charge < -0.3 is 0 Å². The predicted octanol–water partition coefficient (Wildman–Crippen LogP) is 5.37. The van der Waals surface area contributed by atoms with E-state index in [9.17, 15) is 4.39 Å². The van der Waals surface area contributed by atoms with Crippen LogP contribution in [0.4, 0.5) is 4.39 Å². The zero-order valence-electron chi connectivity index (χ0n) is 11.5. The van der Waals surface area contributed by atoms with E-state index in [1.54, 1.807) is 12.1 Å². The van der Waals surface area contributed by atoms with Gasteiger partial charge in [0.05, 0.1) is 5.69 Å². The van der Waals surface area contributed by atoms with Gasteiger partial charge in [0.25, 0.3) is 0 Å². The SMILES string of the molecule is CC1(c2cc(Cl)nc(-c3ccc(F)cc3)c2)CCCC1. The topological polar surface area (TPSA) is 12.9 Å². The molecular formula is C17H17ClFN. The van der Waals surface area contributed by atoms with Crippen LogP contribution in [0.1, 0.15) is 38.2 Å². The zero-order valence-corrected chi connectivity index (χ0v) is 12.3. The molecule has 0 spiro atoms. The third kappa shape index (κ3) is 2.57. The molecule has 0 atom stereocenters. The fourth-order valence-corrected chi connectivity index (χ4v) is 3.27. The van der Waals surface area contributed by atoms with Crippen LogP contribution in [0.25, 0.3) is 11.3 Å². The van der Waals surface area contributed by atoms with Crippen molar-refractivity contribution in [3.8, 4) is 11.3 Å². The predicted molar refractivity (Wildman–Crippen MR) is 80.5 cm³/mol. The lowest BCUT2D eigenvalue weighted by atomic mass is 9.81. The van der Waals surface area contributed by atoms with E-state index in [0.717, 1.165) is 11.3 Å². The molecule has 3 heteroatoms. The first kappa shape index (κ1) is 13.6. The highest BCUT2D eigenvalue weighted by molar-refractivity contribution is 6.29. The number of benzene rings is 1. The van der Waals surface area contributed by atoms with Gasteiger partial charge in [-0.1, -0.05) is 31.4 Å². The quantitative estimate of drug-likeness (QED) is 0.677. The second-order valence-electron chi connectivity index (χ2n) is 5.84. The van der Waals surface area contributed by atoms with Gasteiger partial charge in [-0.05, 0) is 60.2 Å². The van der Waals surface area contributed by atoms with Crippen molar-refractivity contribution in [3.05, 3.63) is 52.9 Å². The Balaban J connectivity index is 2.04. The Morgan fingerprint density at radius 1 is 1.10 bits per heavy atom. The molecule has 1 nitrogen and oxygen atoms in total. The maximum Gasteiger partial charge on any atom is 0.130 e. The van der Waals surface area contributed by atoms with Crippen LogP contribution in [0, 0.1) is 5.82 Å². The first-order valence-corrected chi connectivity index (χ1v) is 7.39. The van der Waals surface area contributed by atoms with E-state index >= 15 is 0 Å². The minimum absolute atomic E-state index is 0.196. The number of pyridine rings is 1. The summed E-state index contributed by atoms with van der Waals surface area (Å²) in [5.74, 6) is -0.237. The fraction of sp³-hybridized carbons (Fsp3) is 0.353. The van der Waals surface area contributed by atoms with Crippen molar-refractivity contribution < 1.29 is 4.39 Å². The van der Waals surface area contributed by atoms with E-state index in [1.165, 1.54) is 43.4 Å².